The minimum atomic E-state index is -0.465. The lowest BCUT2D eigenvalue weighted by Gasteiger charge is -2.27. The summed E-state index contributed by atoms with van der Waals surface area (Å²) in [5.74, 6) is 0. The number of nitrogens with two attached hydrogens (primary N) is 1. The number of carbonyl (C=O) groups is 1. The molecule has 1 saturated heterocycles. The number of fused-ring (bicyclic) bond motifs is 2. The van der Waals surface area contributed by atoms with Crippen LogP contribution in [0.2, 0.25) is 0 Å². The predicted octanol–water partition coefficient (Wildman–Crippen LogP) is 3.54. The fourth-order valence-corrected chi connectivity index (χ4v) is 5.15. The summed E-state index contributed by atoms with van der Waals surface area (Å²) < 4.78 is 0. The van der Waals surface area contributed by atoms with Crippen LogP contribution in [0, 0.1) is 0 Å². The van der Waals surface area contributed by atoms with Gasteiger partial charge in [0.1, 0.15) is 0 Å². The van der Waals surface area contributed by atoms with Crippen molar-refractivity contribution in [3.63, 3.8) is 0 Å². The van der Waals surface area contributed by atoms with Crippen LogP contribution in [0.3, 0.4) is 0 Å². The van der Waals surface area contributed by atoms with Crippen LogP contribution in [0.25, 0.3) is 5.57 Å². The predicted molar refractivity (Wildman–Crippen MR) is 107 cm³/mol. The molecule has 0 saturated carbocycles. The Balaban J connectivity index is 1.80. The van der Waals surface area contributed by atoms with Gasteiger partial charge in [-0.15, -0.1) is 11.3 Å². The van der Waals surface area contributed by atoms with Crippen LogP contribution >= 0.6 is 11.3 Å². The summed E-state index contributed by atoms with van der Waals surface area (Å²) in [5, 5.41) is 2.73. The lowest BCUT2D eigenvalue weighted by Crippen LogP contribution is -2.28. The van der Waals surface area contributed by atoms with E-state index in [1.165, 1.54) is 32.0 Å². The Morgan fingerprint density at radius 1 is 1.15 bits per heavy atom. The Bertz CT molecular complexity index is 858. The SMILES string of the molecule is CN1CCC(=C2c3ccccc3CCc3sc(CNC(N)=O)cc32)CC1. The number of hydrogen-bond acceptors (Lipinski definition) is 3. The van der Waals surface area contributed by atoms with Gasteiger partial charge in [-0.05, 0) is 61.1 Å². The molecule has 3 N–H and O–H groups in total. The van der Waals surface area contributed by atoms with Crippen LogP contribution in [0.4, 0.5) is 4.79 Å². The van der Waals surface area contributed by atoms with Crippen molar-refractivity contribution in [2.75, 3.05) is 20.1 Å². The number of benzene rings is 1. The van der Waals surface area contributed by atoms with E-state index in [9.17, 15) is 4.79 Å². The first-order valence-electron chi connectivity index (χ1n) is 9.26. The van der Waals surface area contributed by atoms with Crippen LogP contribution in [-0.2, 0) is 19.4 Å². The molecule has 0 bridgehead atoms. The molecule has 1 aliphatic carbocycles. The molecule has 0 spiro atoms. The van der Waals surface area contributed by atoms with Crippen molar-refractivity contribution in [1.29, 1.82) is 0 Å². The molecule has 2 amide bonds. The van der Waals surface area contributed by atoms with E-state index in [1.54, 1.807) is 5.57 Å². The molecule has 1 aromatic heterocycles. The number of aryl methyl sites for hydroxylation is 2. The van der Waals surface area contributed by atoms with E-state index in [2.05, 4.69) is 47.6 Å². The number of nitrogens with zero attached hydrogens (tertiary/aromatic N) is 1. The highest BCUT2D eigenvalue weighted by molar-refractivity contribution is 7.12. The molecule has 136 valence electrons. The summed E-state index contributed by atoms with van der Waals surface area (Å²) >= 11 is 1.81. The van der Waals surface area contributed by atoms with Crippen molar-refractivity contribution in [3.05, 3.63) is 62.3 Å². The first-order valence-corrected chi connectivity index (χ1v) is 10.1. The summed E-state index contributed by atoms with van der Waals surface area (Å²) in [4.78, 5) is 16.1. The van der Waals surface area contributed by atoms with Gasteiger partial charge in [-0.1, -0.05) is 29.8 Å². The van der Waals surface area contributed by atoms with Gasteiger partial charge in [-0.3, -0.25) is 0 Å². The third kappa shape index (κ3) is 3.41. The fourth-order valence-electron chi connectivity index (χ4n) is 4.04. The lowest BCUT2D eigenvalue weighted by molar-refractivity contribution is 0.248. The minimum Gasteiger partial charge on any atom is -0.352 e. The van der Waals surface area contributed by atoms with E-state index < -0.39 is 6.03 Å². The van der Waals surface area contributed by atoms with Crippen molar-refractivity contribution < 1.29 is 4.79 Å². The molecule has 0 radical (unpaired) electrons. The number of nitrogens with one attached hydrogen (secondary N) is 1. The molecule has 4 rings (SSSR count). The van der Waals surface area contributed by atoms with Gasteiger partial charge < -0.3 is 16.0 Å². The van der Waals surface area contributed by atoms with Gasteiger partial charge in [0.15, 0.2) is 0 Å². The molecule has 5 heteroatoms. The lowest BCUT2D eigenvalue weighted by atomic mass is 9.87. The number of urea groups is 1. The zero-order valence-electron chi connectivity index (χ0n) is 15.2. The summed E-state index contributed by atoms with van der Waals surface area (Å²) in [6.07, 6.45) is 4.39. The smallest absolute Gasteiger partial charge is 0.312 e. The number of rotatable bonds is 2. The van der Waals surface area contributed by atoms with E-state index in [0.717, 1.165) is 38.8 Å². The molecule has 0 unspecified atom stereocenters. The van der Waals surface area contributed by atoms with Crippen LogP contribution in [0.15, 0.2) is 35.9 Å². The molecule has 4 nitrogen and oxygen atoms in total. The Morgan fingerprint density at radius 2 is 1.92 bits per heavy atom. The maximum Gasteiger partial charge on any atom is 0.312 e. The van der Waals surface area contributed by atoms with E-state index >= 15 is 0 Å². The van der Waals surface area contributed by atoms with Crippen molar-refractivity contribution in [1.82, 2.24) is 10.2 Å². The van der Waals surface area contributed by atoms with Crippen molar-refractivity contribution in [3.8, 4) is 0 Å². The normalized spacial score (nSPS) is 17.4. The molecule has 2 aromatic rings. The van der Waals surface area contributed by atoms with E-state index in [-0.39, 0.29) is 0 Å². The number of piperidine rings is 1. The van der Waals surface area contributed by atoms with Crippen LogP contribution in [0.5, 0.6) is 0 Å². The molecular weight excluding hydrogens is 342 g/mol. The number of amides is 2. The summed E-state index contributed by atoms with van der Waals surface area (Å²) in [6.45, 7) is 2.76. The standard InChI is InChI=1S/C21H25N3OS/c1-24-10-8-15(9-11-24)20-17-5-3-2-4-14(17)6-7-19-18(20)12-16(26-19)13-23-21(22)25/h2-5,12H,6-11,13H2,1H3,(H3,22,23,25). The van der Waals surface area contributed by atoms with Gasteiger partial charge in [0, 0.05) is 22.8 Å². The average molecular weight is 368 g/mol. The average Bonchev–Trinajstić information content (AvgIpc) is 2.97. The quantitative estimate of drug-likeness (QED) is 0.853. The molecule has 2 heterocycles. The second-order valence-corrected chi connectivity index (χ2v) is 8.43. The molecule has 1 aromatic carbocycles. The van der Waals surface area contributed by atoms with Crippen LogP contribution in [-0.4, -0.2) is 31.1 Å². The molecule has 2 aliphatic rings. The molecule has 0 atom stereocenters. The number of thiophene rings is 1. The Labute approximate surface area is 158 Å². The highest BCUT2D eigenvalue weighted by Crippen LogP contribution is 2.41. The van der Waals surface area contributed by atoms with Crippen molar-refractivity contribution in [2.24, 2.45) is 5.73 Å². The molecular formula is C21H25N3OS. The maximum atomic E-state index is 11.1. The van der Waals surface area contributed by atoms with E-state index in [1.807, 2.05) is 11.3 Å². The van der Waals surface area contributed by atoms with Crippen LogP contribution < -0.4 is 11.1 Å². The van der Waals surface area contributed by atoms with Gasteiger partial charge in [-0.2, -0.15) is 0 Å². The van der Waals surface area contributed by atoms with Crippen LogP contribution in [0.1, 0.15) is 39.3 Å². The van der Waals surface area contributed by atoms with Gasteiger partial charge in [-0.25, -0.2) is 4.79 Å². The summed E-state index contributed by atoms with van der Waals surface area (Å²) in [5.41, 5.74) is 12.5. The second kappa shape index (κ2) is 7.25. The highest BCUT2D eigenvalue weighted by Gasteiger charge is 2.25. The zero-order valence-corrected chi connectivity index (χ0v) is 16.0. The maximum absolute atomic E-state index is 11.1. The van der Waals surface area contributed by atoms with E-state index in [0.29, 0.717) is 6.54 Å². The van der Waals surface area contributed by atoms with Gasteiger partial charge in [0.2, 0.25) is 0 Å². The topological polar surface area (TPSA) is 58.4 Å². The van der Waals surface area contributed by atoms with Gasteiger partial charge >= 0.3 is 6.03 Å². The van der Waals surface area contributed by atoms with Crippen molar-refractivity contribution in [2.45, 2.75) is 32.2 Å². The number of likely N-dealkylation sites (tertiary alicyclic amines) is 1. The number of primary amides is 1. The summed E-state index contributed by atoms with van der Waals surface area (Å²) in [7, 11) is 2.20. The Kier molecular flexibility index (Phi) is 4.83. The van der Waals surface area contributed by atoms with Gasteiger partial charge in [0.05, 0.1) is 6.54 Å². The monoisotopic (exact) mass is 367 g/mol. The number of hydrogen-bond donors (Lipinski definition) is 2. The molecule has 1 aliphatic heterocycles. The first kappa shape index (κ1) is 17.3. The fraction of sp³-hybridized carbons (Fsp3) is 0.381. The highest BCUT2D eigenvalue weighted by atomic mass is 32.1. The second-order valence-electron chi connectivity index (χ2n) is 7.21. The first-order chi connectivity index (χ1) is 12.6. The Morgan fingerprint density at radius 3 is 2.69 bits per heavy atom. The minimum absolute atomic E-state index is 0.465. The zero-order chi connectivity index (χ0) is 18.1. The van der Waals surface area contributed by atoms with Crippen molar-refractivity contribution >= 4 is 22.9 Å². The third-order valence-corrected chi connectivity index (χ3v) is 6.61. The largest absolute Gasteiger partial charge is 0.352 e. The molecule has 1 fully saturated rings. The number of carbonyl (C=O) groups excluding carboxylic acids is 1. The van der Waals surface area contributed by atoms with Gasteiger partial charge in [0.25, 0.3) is 0 Å². The molecule has 26 heavy (non-hydrogen) atoms. The third-order valence-electron chi connectivity index (χ3n) is 5.42. The summed E-state index contributed by atoms with van der Waals surface area (Å²) in [6, 6.07) is 10.7. The Hall–Kier alpha value is -2.11. The van der Waals surface area contributed by atoms with E-state index in [4.69, 9.17) is 5.73 Å².